The summed E-state index contributed by atoms with van der Waals surface area (Å²) in [6.45, 7) is 16.9. The third-order valence-electron chi connectivity index (χ3n) is 6.91. The molecule has 9 heteroatoms. The first-order valence-electron chi connectivity index (χ1n) is 15.9. The van der Waals surface area contributed by atoms with Gasteiger partial charge in [-0.05, 0) is 90.2 Å². The highest BCUT2D eigenvalue weighted by Gasteiger charge is 2.23. The molecule has 8 nitrogen and oxygen atoms in total. The van der Waals surface area contributed by atoms with Gasteiger partial charge in [-0.1, -0.05) is 68.7 Å². The summed E-state index contributed by atoms with van der Waals surface area (Å²) in [5.41, 5.74) is 3.35. The van der Waals surface area contributed by atoms with Crippen LogP contribution < -0.4 is 9.47 Å². The Kier molecular flexibility index (Phi) is 14.4. The second-order valence-electron chi connectivity index (χ2n) is 10.6. The van der Waals surface area contributed by atoms with Gasteiger partial charge >= 0.3 is 17.9 Å². The Labute approximate surface area is 317 Å². The number of ether oxygens (including phenoxy) is 5. The zero-order chi connectivity index (χ0) is 39.6. The van der Waals surface area contributed by atoms with Crippen molar-refractivity contribution in [3.8, 4) is 70.4 Å². The molecule has 55 heavy (non-hydrogen) atoms. The summed E-state index contributed by atoms with van der Waals surface area (Å²) in [7, 11) is 0. The molecular weight excluding hydrogens is 699 g/mol. The van der Waals surface area contributed by atoms with Crippen LogP contribution in [-0.2, 0) is 28.6 Å². The van der Waals surface area contributed by atoms with Crippen LogP contribution in [0.4, 0.5) is 4.39 Å². The van der Waals surface area contributed by atoms with Gasteiger partial charge in [0.25, 0.3) is 0 Å². The van der Waals surface area contributed by atoms with Crippen LogP contribution in [-0.4, -0.2) is 24.7 Å². The minimum Gasteiger partial charge on any atom is -0.458 e. The molecular formula is C46H29FO8. The van der Waals surface area contributed by atoms with E-state index in [0.717, 1.165) is 18.2 Å². The number of carbonyl (C=O) groups is 3. The third-order valence-corrected chi connectivity index (χ3v) is 6.91. The van der Waals surface area contributed by atoms with Crippen molar-refractivity contribution in [1.29, 1.82) is 0 Å². The van der Waals surface area contributed by atoms with E-state index in [4.69, 9.17) is 14.2 Å². The fourth-order valence-corrected chi connectivity index (χ4v) is 4.17. The van der Waals surface area contributed by atoms with Crippen molar-refractivity contribution in [2.24, 2.45) is 0 Å². The number of hydrogen-bond donors (Lipinski definition) is 0. The zero-order valence-corrected chi connectivity index (χ0v) is 29.2. The number of halogens is 1. The number of allylic oxidation sites excluding steroid dienone is 1. The molecule has 4 aromatic rings. The summed E-state index contributed by atoms with van der Waals surface area (Å²) in [5.74, 6) is 14.0. The van der Waals surface area contributed by atoms with Gasteiger partial charge in [0, 0.05) is 51.6 Å². The van der Waals surface area contributed by atoms with Crippen molar-refractivity contribution in [2.75, 3.05) is 6.79 Å². The number of rotatable bonds is 10. The summed E-state index contributed by atoms with van der Waals surface area (Å²) in [5, 5.41) is 0. The van der Waals surface area contributed by atoms with Gasteiger partial charge in [-0.3, -0.25) is 0 Å². The van der Waals surface area contributed by atoms with E-state index in [2.05, 4.69) is 90.1 Å². The lowest BCUT2D eigenvalue weighted by Gasteiger charge is -2.16. The maximum atomic E-state index is 16.5. The number of benzene rings is 4. The van der Waals surface area contributed by atoms with Gasteiger partial charge < -0.3 is 23.7 Å². The van der Waals surface area contributed by atoms with Crippen molar-refractivity contribution in [1.82, 2.24) is 0 Å². The van der Waals surface area contributed by atoms with Crippen LogP contribution in [0.15, 0.2) is 142 Å². The molecule has 4 rings (SSSR count). The molecule has 0 unspecified atom stereocenters. The molecule has 0 aromatic heterocycles. The molecule has 0 radical (unpaired) electrons. The van der Waals surface area contributed by atoms with Crippen molar-refractivity contribution in [3.63, 3.8) is 0 Å². The molecule has 268 valence electrons. The summed E-state index contributed by atoms with van der Waals surface area (Å²) >= 11 is 0. The topological polar surface area (TPSA) is 97.4 Å². The lowest BCUT2D eigenvalue weighted by molar-refractivity contribution is -0.132. The minimum atomic E-state index is -0.815. The van der Waals surface area contributed by atoms with Gasteiger partial charge in [0.15, 0.2) is 17.3 Å². The Morgan fingerprint density at radius 3 is 1.49 bits per heavy atom. The molecule has 4 aromatic carbocycles. The Hall–Kier alpha value is -8.24. The lowest BCUT2D eigenvalue weighted by atomic mass is 9.99. The van der Waals surface area contributed by atoms with Crippen molar-refractivity contribution in [3.05, 3.63) is 181 Å². The summed E-state index contributed by atoms with van der Waals surface area (Å²) in [6.07, 6.45) is 8.91. The molecule has 0 aliphatic heterocycles. The SMILES string of the molecule is C=CC(=C)OCOc1c(F)c(-c2ccc(C#Cc3ccc(C#COC(=O)C=C)cc3)cc2)cc(OC(=O)C=C)c1C#Cc1ccc(C#COC(=O)C=C)cc1. The van der Waals surface area contributed by atoms with E-state index in [1.165, 1.54) is 12.1 Å². The number of hydrogen-bond acceptors (Lipinski definition) is 8. The van der Waals surface area contributed by atoms with E-state index >= 15 is 4.39 Å². The highest BCUT2D eigenvalue weighted by molar-refractivity contribution is 5.85. The molecule has 0 bridgehead atoms. The average molecular weight is 729 g/mol. The van der Waals surface area contributed by atoms with E-state index in [1.54, 1.807) is 72.8 Å². The van der Waals surface area contributed by atoms with Gasteiger partial charge in [-0.25, -0.2) is 18.8 Å². The van der Waals surface area contributed by atoms with Crippen LogP contribution in [0, 0.1) is 53.6 Å². The number of esters is 3. The fraction of sp³-hybridized carbons (Fsp3) is 0.0217. The minimum absolute atomic E-state index is 0.0324. The van der Waals surface area contributed by atoms with Crippen LogP contribution >= 0.6 is 0 Å². The van der Waals surface area contributed by atoms with E-state index in [1.807, 2.05) is 0 Å². The van der Waals surface area contributed by atoms with Gasteiger partial charge in [0.2, 0.25) is 6.79 Å². The molecule has 0 amide bonds. The Morgan fingerprint density at radius 2 is 1.04 bits per heavy atom. The predicted octanol–water partition coefficient (Wildman–Crippen LogP) is 7.51. The fourth-order valence-electron chi connectivity index (χ4n) is 4.17. The van der Waals surface area contributed by atoms with Crippen molar-refractivity contribution >= 4 is 17.9 Å². The second-order valence-corrected chi connectivity index (χ2v) is 10.6. The summed E-state index contributed by atoms with van der Waals surface area (Å²) in [4.78, 5) is 34.8. The van der Waals surface area contributed by atoms with Crippen molar-refractivity contribution < 1.29 is 42.5 Å². The molecule has 0 aliphatic rings. The van der Waals surface area contributed by atoms with Gasteiger partial charge in [-0.15, -0.1) is 0 Å². The van der Waals surface area contributed by atoms with Gasteiger partial charge in [0.05, 0.1) is 0 Å². The summed E-state index contributed by atoms with van der Waals surface area (Å²) < 4.78 is 42.5. The average Bonchev–Trinajstić information content (AvgIpc) is 3.21. The molecule has 0 saturated heterocycles. The molecule has 0 N–H and O–H groups in total. The largest absolute Gasteiger partial charge is 0.458 e. The van der Waals surface area contributed by atoms with Gasteiger partial charge in [0.1, 0.15) is 23.5 Å². The second kappa shape index (κ2) is 20.0. The first-order valence-corrected chi connectivity index (χ1v) is 15.9. The Morgan fingerprint density at radius 1 is 0.600 bits per heavy atom. The molecule has 0 aliphatic carbocycles. The predicted molar refractivity (Wildman–Crippen MR) is 205 cm³/mol. The quantitative estimate of drug-likeness (QED) is 0.0315. The van der Waals surface area contributed by atoms with E-state index in [0.29, 0.717) is 33.4 Å². The van der Waals surface area contributed by atoms with Crippen LogP contribution in [0.1, 0.15) is 33.4 Å². The summed E-state index contributed by atoms with van der Waals surface area (Å²) in [6, 6.07) is 21.6. The Balaban J connectivity index is 1.69. The molecule has 0 fully saturated rings. The molecule has 0 spiro atoms. The highest BCUT2D eigenvalue weighted by Crippen LogP contribution is 2.39. The highest BCUT2D eigenvalue weighted by atomic mass is 19.1. The zero-order valence-electron chi connectivity index (χ0n) is 29.2. The Bertz CT molecular complexity index is 2430. The number of carbonyl (C=O) groups excluding carboxylic acids is 3. The molecule has 0 saturated carbocycles. The van der Waals surface area contributed by atoms with E-state index < -0.39 is 30.5 Å². The first kappa shape index (κ1) is 39.5. The van der Waals surface area contributed by atoms with Crippen LogP contribution in [0.2, 0.25) is 0 Å². The van der Waals surface area contributed by atoms with Gasteiger partial charge in [-0.2, -0.15) is 0 Å². The maximum Gasteiger partial charge on any atom is 0.344 e. The lowest BCUT2D eigenvalue weighted by Crippen LogP contribution is -2.09. The normalized spacial score (nSPS) is 9.25. The monoisotopic (exact) mass is 728 g/mol. The maximum absolute atomic E-state index is 16.5. The molecule has 0 atom stereocenters. The first-order chi connectivity index (χ1) is 26.6. The van der Waals surface area contributed by atoms with Crippen LogP contribution in [0.3, 0.4) is 0 Å². The van der Waals surface area contributed by atoms with Crippen LogP contribution in [0.5, 0.6) is 11.5 Å². The van der Waals surface area contributed by atoms with E-state index in [9.17, 15) is 14.4 Å². The van der Waals surface area contributed by atoms with E-state index in [-0.39, 0.29) is 28.4 Å². The molecule has 0 heterocycles. The van der Waals surface area contributed by atoms with Crippen molar-refractivity contribution in [2.45, 2.75) is 0 Å². The smallest absolute Gasteiger partial charge is 0.344 e. The van der Waals surface area contributed by atoms with Crippen LogP contribution in [0.25, 0.3) is 11.1 Å². The third kappa shape index (κ3) is 11.9. The standard InChI is InChI=1S/C46H29FO8/c1-6-32(5)53-31-54-46-39(25-22-34-14-18-37(19-15-34)27-29-52-43(49)8-3)41(55-44(50)9-4)30-40(45(46)47)38-23-20-35(21-24-38)11-10-33-12-16-36(17-13-33)26-28-51-42(48)7-2/h6-9,12-21,23-24,30H,1-5,31H2.